The van der Waals surface area contributed by atoms with Crippen LogP contribution in [0.3, 0.4) is 0 Å². The van der Waals surface area contributed by atoms with Crippen molar-refractivity contribution in [1.82, 2.24) is 9.78 Å². The number of aromatic nitrogens is 2. The van der Waals surface area contributed by atoms with E-state index in [9.17, 15) is 0 Å². The van der Waals surface area contributed by atoms with Crippen LogP contribution in [-0.4, -0.2) is 16.9 Å². The zero-order chi connectivity index (χ0) is 14.7. The maximum Gasteiger partial charge on any atom is 0.222 e. The summed E-state index contributed by atoms with van der Waals surface area (Å²) in [5.74, 6) is 1.94. The van der Waals surface area contributed by atoms with Crippen LogP contribution in [0.5, 0.6) is 17.4 Å². The predicted molar refractivity (Wildman–Crippen MR) is 75.3 cm³/mol. The highest BCUT2D eigenvalue weighted by Crippen LogP contribution is 2.31. The first-order chi connectivity index (χ1) is 9.58. The number of ether oxygens (including phenoxy) is 2. The van der Waals surface area contributed by atoms with Crippen LogP contribution in [0.4, 0.5) is 0 Å². The van der Waals surface area contributed by atoms with Crippen LogP contribution in [0.15, 0.2) is 18.2 Å². The van der Waals surface area contributed by atoms with Gasteiger partial charge in [-0.3, -0.25) is 0 Å². The van der Waals surface area contributed by atoms with E-state index in [1.807, 2.05) is 6.92 Å². The second-order valence-corrected chi connectivity index (χ2v) is 4.50. The van der Waals surface area contributed by atoms with Gasteiger partial charge in [-0.05, 0) is 19.1 Å². The highest BCUT2D eigenvalue weighted by Gasteiger charge is 2.15. The van der Waals surface area contributed by atoms with Crippen molar-refractivity contribution in [1.29, 1.82) is 5.26 Å². The van der Waals surface area contributed by atoms with Crippen LogP contribution in [0, 0.1) is 18.3 Å². The normalized spacial score (nSPS) is 10.2. The second-order valence-electron chi connectivity index (χ2n) is 4.24. The molecule has 5 nitrogen and oxygen atoms in total. The van der Waals surface area contributed by atoms with Gasteiger partial charge < -0.3 is 9.47 Å². The number of benzene rings is 1. The van der Waals surface area contributed by atoms with Crippen molar-refractivity contribution >= 4 is 11.6 Å². The molecular formula is C14H14ClN3O2. The van der Waals surface area contributed by atoms with E-state index in [2.05, 4.69) is 11.2 Å². The quantitative estimate of drug-likeness (QED) is 0.812. The lowest BCUT2D eigenvalue weighted by atomic mass is 10.2. The second kappa shape index (κ2) is 5.85. The number of hydrogen-bond donors (Lipinski definition) is 0. The average Bonchev–Trinajstić information content (AvgIpc) is 2.72. The molecule has 0 amide bonds. The first kappa shape index (κ1) is 14.2. The molecule has 6 heteroatoms. The predicted octanol–water partition coefficient (Wildman–Crippen LogP) is 3.14. The summed E-state index contributed by atoms with van der Waals surface area (Å²) in [4.78, 5) is 0. The summed E-state index contributed by atoms with van der Waals surface area (Å²) in [5.41, 5.74) is 2.11. The molecule has 1 heterocycles. The third-order valence-electron chi connectivity index (χ3n) is 2.88. The molecule has 0 radical (unpaired) electrons. The molecule has 0 fully saturated rings. The molecule has 2 rings (SSSR count). The summed E-state index contributed by atoms with van der Waals surface area (Å²) < 4.78 is 12.6. The van der Waals surface area contributed by atoms with E-state index < -0.39 is 0 Å². The Morgan fingerprint density at radius 2 is 2.05 bits per heavy atom. The number of aryl methyl sites for hydroxylation is 2. The maximum atomic E-state index is 9.01. The number of nitrogens with zero attached hydrogens (tertiary/aromatic N) is 3. The number of hydrogen-bond acceptors (Lipinski definition) is 4. The van der Waals surface area contributed by atoms with Crippen LogP contribution in [0.25, 0.3) is 0 Å². The lowest BCUT2D eigenvalue weighted by molar-refractivity contribution is 0.401. The molecule has 0 aliphatic heterocycles. The van der Waals surface area contributed by atoms with Gasteiger partial charge in [0.05, 0.1) is 35.9 Å². The van der Waals surface area contributed by atoms with Crippen molar-refractivity contribution < 1.29 is 9.47 Å². The van der Waals surface area contributed by atoms with Gasteiger partial charge in [-0.25, -0.2) is 4.68 Å². The number of nitriles is 1. The molecular weight excluding hydrogens is 278 g/mol. The molecule has 0 unspecified atom stereocenters. The Hall–Kier alpha value is -2.19. The Bertz CT molecular complexity index is 674. The van der Waals surface area contributed by atoms with E-state index >= 15 is 0 Å². The molecule has 1 aromatic heterocycles. The lowest BCUT2D eigenvalue weighted by Crippen LogP contribution is -1.97. The standard InChI is InChI=1S/C14H14ClN3O2/c1-9-13(7-15)14(18(2)17-9)20-12-5-10(8-16)4-11(6-12)19-3/h4-6H,7H2,1-3H3. The number of methoxy groups -OCH3 is 1. The maximum absolute atomic E-state index is 9.01. The SMILES string of the molecule is COc1cc(C#N)cc(Oc2c(CCl)c(C)nn2C)c1. The van der Waals surface area contributed by atoms with E-state index in [0.717, 1.165) is 11.3 Å². The Balaban J connectivity index is 2.42. The third-order valence-corrected chi connectivity index (χ3v) is 3.15. The molecule has 0 aliphatic carbocycles. The van der Waals surface area contributed by atoms with Crippen molar-refractivity contribution in [2.45, 2.75) is 12.8 Å². The van der Waals surface area contributed by atoms with E-state index in [1.54, 1.807) is 37.0 Å². The van der Waals surface area contributed by atoms with E-state index in [1.165, 1.54) is 0 Å². The van der Waals surface area contributed by atoms with Crippen molar-refractivity contribution in [3.05, 3.63) is 35.0 Å². The lowest BCUT2D eigenvalue weighted by Gasteiger charge is -2.09. The molecule has 0 spiro atoms. The average molecular weight is 292 g/mol. The van der Waals surface area contributed by atoms with Gasteiger partial charge in [-0.1, -0.05) is 0 Å². The topological polar surface area (TPSA) is 60.1 Å². The van der Waals surface area contributed by atoms with Gasteiger partial charge in [-0.2, -0.15) is 10.4 Å². The van der Waals surface area contributed by atoms with Crippen molar-refractivity contribution in [3.63, 3.8) is 0 Å². The third kappa shape index (κ3) is 2.70. The van der Waals surface area contributed by atoms with E-state index in [4.69, 9.17) is 26.3 Å². The van der Waals surface area contributed by atoms with Gasteiger partial charge in [0.1, 0.15) is 11.5 Å². The van der Waals surface area contributed by atoms with Gasteiger partial charge in [-0.15, -0.1) is 11.6 Å². The summed E-state index contributed by atoms with van der Waals surface area (Å²) >= 11 is 5.92. The van der Waals surface area contributed by atoms with Crippen molar-refractivity contribution in [2.75, 3.05) is 7.11 Å². The zero-order valence-electron chi connectivity index (χ0n) is 11.5. The molecule has 0 aliphatic rings. The first-order valence-electron chi connectivity index (χ1n) is 5.94. The summed E-state index contributed by atoms with van der Waals surface area (Å²) in [6.07, 6.45) is 0. The first-order valence-corrected chi connectivity index (χ1v) is 6.48. The minimum absolute atomic E-state index is 0.310. The largest absolute Gasteiger partial charge is 0.497 e. The summed E-state index contributed by atoms with van der Waals surface area (Å²) in [6.45, 7) is 1.87. The summed E-state index contributed by atoms with van der Waals surface area (Å²) in [6, 6.07) is 7.06. The summed E-state index contributed by atoms with van der Waals surface area (Å²) in [7, 11) is 3.32. The number of alkyl halides is 1. The molecule has 0 atom stereocenters. The minimum atomic E-state index is 0.310. The van der Waals surface area contributed by atoms with Gasteiger partial charge in [0.25, 0.3) is 0 Å². The van der Waals surface area contributed by atoms with Crippen molar-refractivity contribution in [2.24, 2.45) is 7.05 Å². The summed E-state index contributed by atoms with van der Waals surface area (Å²) in [5, 5.41) is 13.3. The van der Waals surface area contributed by atoms with Crippen molar-refractivity contribution in [3.8, 4) is 23.4 Å². The van der Waals surface area contributed by atoms with E-state index in [-0.39, 0.29) is 0 Å². The Morgan fingerprint density at radius 1 is 1.35 bits per heavy atom. The van der Waals surface area contributed by atoms with Crippen LogP contribution < -0.4 is 9.47 Å². The van der Waals surface area contributed by atoms with Crippen LogP contribution >= 0.6 is 11.6 Å². The monoisotopic (exact) mass is 291 g/mol. The van der Waals surface area contributed by atoms with Gasteiger partial charge >= 0.3 is 0 Å². The van der Waals surface area contributed by atoms with Gasteiger partial charge in [0.2, 0.25) is 5.88 Å². The number of halogens is 1. The molecule has 0 saturated carbocycles. The fourth-order valence-electron chi connectivity index (χ4n) is 1.89. The highest BCUT2D eigenvalue weighted by atomic mass is 35.5. The zero-order valence-corrected chi connectivity index (χ0v) is 12.2. The van der Waals surface area contributed by atoms with Crippen LogP contribution in [-0.2, 0) is 12.9 Å². The minimum Gasteiger partial charge on any atom is -0.497 e. The van der Waals surface area contributed by atoms with Gasteiger partial charge in [0, 0.05) is 13.1 Å². The number of rotatable bonds is 4. The van der Waals surface area contributed by atoms with Crippen LogP contribution in [0.1, 0.15) is 16.8 Å². The molecule has 1 aromatic carbocycles. The Labute approximate surface area is 122 Å². The molecule has 0 N–H and O–H groups in total. The fourth-order valence-corrected chi connectivity index (χ4v) is 2.19. The Kier molecular flexibility index (Phi) is 4.16. The molecule has 2 aromatic rings. The molecule has 0 bridgehead atoms. The van der Waals surface area contributed by atoms with Gasteiger partial charge in [0.15, 0.2) is 0 Å². The molecule has 104 valence electrons. The molecule has 20 heavy (non-hydrogen) atoms. The highest BCUT2D eigenvalue weighted by molar-refractivity contribution is 6.17. The smallest absolute Gasteiger partial charge is 0.222 e. The van der Waals surface area contributed by atoms with E-state index in [0.29, 0.717) is 28.8 Å². The fraction of sp³-hybridized carbons (Fsp3) is 0.286. The van der Waals surface area contributed by atoms with Crippen LogP contribution in [0.2, 0.25) is 0 Å². The molecule has 0 saturated heterocycles. The Morgan fingerprint density at radius 3 is 2.65 bits per heavy atom.